The first-order valence-corrected chi connectivity index (χ1v) is 8.82. The Morgan fingerprint density at radius 1 is 1.21 bits per heavy atom. The van der Waals surface area contributed by atoms with E-state index in [4.69, 9.17) is 0 Å². The van der Waals surface area contributed by atoms with Gasteiger partial charge in [0.1, 0.15) is 0 Å². The van der Waals surface area contributed by atoms with Gasteiger partial charge in [-0.25, -0.2) is 5.43 Å². The summed E-state index contributed by atoms with van der Waals surface area (Å²) >= 11 is 4.45. The van der Waals surface area contributed by atoms with E-state index in [1.807, 2.05) is 19.2 Å². The van der Waals surface area contributed by atoms with Crippen molar-refractivity contribution in [3.8, 4) is 0 Å². The summed E-state index contributed by atoms with van der Waals surface area (Å²) in [5, 5.41) is 17.6. The maximum Gasteiger partial charge on any atom is 0.271 e. The van der Waals surface area contributed by atoms with Crippen LogP contribution in [0.25, 0.3) is 0 Å². The van der Waals surface area contributed by atoms with Crippen molar-refractivity contribution in [1.82, 2.24) is 5.43 Å². The molecule has 0 heterocycles. The van der Waals surface area contributed by atoms with E-state index < -0.39 is 10.8 Å². The third-order valence-electron chi connectivity index (χ3n) is 3.03. The van der Waals surface area contributed by atoms with Gasteiger partial charge in [-0.1, -0.05) is 0 Å². The molecule has 2 rings (SSSR count). The molecule has 24 heavy (non-hydrogen) atoms. The van der Waals surface area contributed by atoms with E-state index in [0.717, 1.165) is 18.4 Å². The molecule has 0 bridgehead atoms. The second kappa shape index (κ2) is 8.37. The molecule has 0 aliphatic carbocycles. The molecule has 7 nitrogen and oxygen atoms in total. The predicted octanol–water partition coefficient (Wildman–Crippen LogP) is 3.61. The number of rotatable bonds is 5. The lowest BCUT2D eigenvalue weighted by atomic mass is 10.2. The molecule has 0 aromatic heterocycles. The number of anilines is 1. The van der Waals surface area contributed by atoms with E-state index in [-0.39, 0.29) is 5.69 Å². The summed E-state index contributed by atoms with van der Waals surface area (Å²) in [4.78, 5) is 22.0. The van der Waals surface area contributed by atoms with Gasteiger partial charge in [-0.3, -0.25) is 14.9 Å². The largest absolute Gasteiger partial charge is 0.386 e. The molecule has 9 heteroatoms. The van der Waals surface area contributed by atoms with E-state index in [2.05, 4.69) is 61.0 Å². The fraction of sp³-hybridized carbons (Fsp3) is 0.0667. The average molecular weight is 550 g/mol. The van der Waals surface area contributed by atoms with Crippen LogP contribution in [0.3, 0.4) is 0 Å². The molecule has 0 aliphatic heterocycles. The van der Waals surface area contributed by atoms with Crippen LogP contribution in [0.15, 0.2) is 41.5 Å². The van der Waals surface area contributed by atoms with Gasteiger partial charge >= 0.3 is 0 Å². The van der Waals surface area contributed by atoms with Crippen LogP contribution in [0.5, 0.6) is 0 Å². The van der Waals surface area contributed by atoms with Gasteiger partial charge in [0.15, 0.2) is 0 Å². The van der Waals surface area contributed by atoms with Crippen molar-refractivity contribution in [2.24, 2.45) is 5.10 Å². The summed E-state index contributed by atoms with van der Waals surface area (Å²) < 4.78 is 2.09. The fourth-order valence-corrected chi connectivity index (χ4v) is 4.23. The molecule has 0 radical (unpaired) electrons. The van der Waals surface area contributed by atoms with Crippen molar-refractivity contribution >= 4 is 68.7 Å². The molecule has 0 saturated carbocycles. The highest BCUT2D eigenvalue weighted by atomic mass is 127. The lowest BCUT2D eigenvalue weighted by Crippen LogP contribution is -2.17. The molecule has 2 N–H and O–H groups in total. The van der Waals surface area contributed by atoms with Crippen LogP contribution < -0.4 is 10.7 Å². The third kappa shape index (κ3) is 4.63. The Morgan fingerprint density at radius 3 is 2.29 bits per heavy atom. The summed E-state index contributed by atoms with van der Waals surface area (Å²) in [6.07, 6.45) is 1.55. The maximum atomic E-state index is 11.9. The normalized spacial score (nSPS) is 10.6. The Balaban J connectivity index is 2.06. The topological polar surface area (TPSA) is 96.6 Å². The number of amides is 1. The Hall–Kier alpha value is -1.76. The number of halogens is 2. The van der Waals surface area contributed by atoms with Crippen molar-refractivity contribution in [2.45, 2.75) is 0 Å². The number of carbonyl (C=O) groups excluding carboxylic acids is 1. The smallest absolute Gasteiger partial charge is 0.271 e. The van der Waals surface area contributed by atoms with Crippen LogP contribution in [-0.4, -0.2) is 24.1 Å². The number of hydrazone groups is 1. The lowest BCUT2D eigenvalue weighted by molar-refractivity contribution is -0.384. The number of hydrogen-bond acceptors (Lipinski definition) is 5. The lowest BCUT2D eigenvalue weighted by Gasteiger charge is -2.07. The number of carbonyl (C=O) groups is 1. The minimum Gasteiger partial charge on any atom is -0.386 e. The van der Waals surface area contributed by atoms with Gasteiger partial charge in [0, 0.05) is 31.9 Å². The number of hydrogen-bond donors (Lipinski definition) is 2. The summed E-state index contributed by atoms with van der Waals surface area (Å²) in [6, 6.07) is 9.21. The molecule has 0 atom stereocenters. The summed E-state index contributed by atoms with van der Waals surface area (Å²) in [5.74, 6) is -0.433. The van der Waals surface area contributed by atoms with Crippen molar-refractivity contribution in [3.05, 3.63) is 64.8 Å². The van der Waals surface area contributed by atoms with Crippen LogP contribution in [0.2, 0.25) is 0 Å². The molecule has 1 amide bonds. The quantitative estimate of drug-likeness (QED) is 0.258. The van der Waals surface area contributed by atoms with Crippen molar-refractivity contribution in [1.29, 1.82) is 0 Å². The highest BCUT2D eigenvalue weighted by molar-refractivity contribution is 14.1. The van der Waals surface area contributed by atoms with Crippen molar-refractivity contribution in [3.63, 3.8) is 0 Å². The number of non-ortho nitro benzene ring substituents is 1. The zero-order valence-corrected chi connectivity index (χ0v) is 16.7. The predicted molar refractivity (Wildman–Crippen MR) is 110 cm³/mol. The van der Waals surface area contributed by atoms with Crippen LogP contribution in [0.4, 0.5) is 11.4 Å². The molecule has 0 spiro atoms. The van der Waals surface area contributed by atoms with Crippen LogP contribution in [-0.2, 0) is 0 Å². The highest BCUT2D eigenvalue weighted by Gasteiger charge is 2.09. The first kappa shape index (κ1) is 18.6. The zero-order valence-electron chi connectivity index (χ0n) is 12.4. The van der Waals surface area contributed by atoms with Gasteiger partial charge in [0.05, 0.1) is 16.8 Å². The SMILES string of the molecule is CNc1c(I)cc(C=NNC(=O)c2ccc([N+](=O)[O-])cc2)cc1I. The first-order valence-electron chi connectivity index (χ1n) is 6.67. The summed E-state index contributed by atoms with van der Waals surface area (Å²) in [5.41, 5.74) is 4.53. The molecular formula is C15H12I2N4O3. The Morgan fingerprint density at radius 2 is 1.79 bits per heavy atom. The van der Waals surface area contributed by atoms with Crippen LogP contribution in [0.1, 0.15) is 15.9 Å². The van der Waals surface area contributed by atoms with E-state index in [1.165, 1.54) is 24.3 Å². The van der Waals surface area contributed by atoms with Crippen molar-refractivity contribution < 1.29 is 9.72 Å². The van der Waals surface area contributed by atoms with Crippen LogP contribution >= 0.6 is 45.2 Å². The van der Waals surface area contributed by atoms with Gasteiger partial charge in [0.2, 0.25) is 0 Å². The van der Waals surface area contributed by atoms with E-state index >= 15 is 0 Å². The summed E-state index contributed by atoms with van der Waals surface area (Å²) in [7, 11) is 1.86. The maximum absolute atomic E-state index is 11.9. The number of nitrogens with zero attached hydrogens (tertiary/aromatic N) is 2. The second-order valence-electron chi connectivity index (χ2n) is 4.61. The summed E-state index contributed by atoms with van der Waals surface area (Å²) in [6.45, 7) is 0. The Labute approximate surface area is 165 Å². The molecule has 124 valence electrons. The molecule has 0 fully saturated rings. The molecule has 0 aliphatic rings. The van der Waals surface area contributed by atoms with E-state index in [1.54, 1.807) is 6.21 Å². The van der Waals surface area contributed by atoms with E-state index in [0.29, 0.717) is 5.56 Å². The number of nitrogens with one attached hydrogen (secondary N) is 2. The monoisotopic (exact) mass is 550 g/mol. The van der Waals surface area contributed by atoms with Gasteiger partial charge in [0.25, 0.3) is 11.6 Å². The number of nitro groups is 1. The standard InChI is InChI=1S/C15H12I2N4O3/c1-18-14-12(16)6-9(7-13(14)17)8-19-20-15(22)10-2-4-11(5-3-10)21(23)24/h2-8,18H,1H3,(H,20,22). The second-order valence-corrected chi connectivity index (χ2v) is 6.94. The fourth-order valence-electron chi connectivity index (χ4n) is 1.87. The minimum atomic E-state index is -0.516. The molecule has 0 saturated heterocycles. The van der Waals surface area contributed by atoms with Gasteiger partial charge < -0.3 is 5.32 Å². The molecular weight excluding hydrogens is 538 g/mol. The number of nitro benzene ring substituents is 1. The number of benzene rings is 2. The molecule has 2 aromatic rings. The zero-order chi connectivity index (χ0) is 17.7. The average Bonchev–Trinajstić information content (AvgIpc) is 2.54. The highest BCUT2D eigenvalue weighted by Crippen LogP contribution is 2.25. The van der Waals surface area contributed by atoms with Crippen molar-refractivity contribution in [2.75, 3.05) is 12.4 Å². The van der Waals surface area contributed by atoms with Gasteiger partial charge in [-0.05, 0) is 75.0 Å². The van der Waals surface area contributed by atoms with E-state index in [9.17, 15) is 14.9 Å². The minimum absolute atomic E-state index is 0.0659. The molecule has 0 unspecified atom stereocenters. The third-order valence-corrected chi connectivity index (χ3v) is 4.74. The van der Waals surface area contributed by atoms with Crippen LogP contribution in [0, 0.1) is 17.3 Å². The van der Waals surface area contributed by atoms with Gasteiger partial charge in [-0.2, -0.15) is 5.10 Å². The molecule has 2 aromatic carbocycles. The Bertz CT molecular complexity index is 784. The van der Waals surface area contributed by atoms with Gasteiger partial charge in [-0.15, -0.1) is 0 Å². The first-order chi connectivity index (χ1) is 11.4. The Kier molecular flexibility index (Phi) is 6.48.